The van der Waals surface area contributed by atoms with Crippen LogP contribution in [0.1, 0.15) is 16.7 Å². The summed E-state index contributed by atoms with van der Waals surface area (Å²) in [7, 11) is 0. The molecule has 1 aromatic heterocycles. The van der Waals surface area contributed by atoms with E-state index in [-0.39, 0.29) is 12.5 Å². The number of hydrogen-bond donors (Lipinski definition) is 1. The lowest BCUT2D eigenvalue weighted by Crippen LogP contribution is -2.12. The Balaban J connectivity index is 2.15. The normalized spacial score (nSPS) is 14.5. The zero-order chi connectivity index (χ0) is 12.5. The zero-order valence-electron chi connectivity index (χ0n) is 9.93. The third-order valence-corrected chi connectivity index (χ3v) is 3.68. The molecule has 4 heteroatoms. The molecule has 1 N–H and O–H groups in total. The van der Waals surface area contributed by atoms with Gasteiger partial charge in [0.05, 0.1) is 5.71 Å². The van der Waals surface area contributed by atoms with Gasteiger partial charge in [0, 0.05) is 11.1 Å². The first-order valence-electron chi connectivity index (χ1n) is 5.73. The number of anilines is 1. The number of benzene rings is 1. The lowest BCUT2D eigenvalue weighted by atomic mass is 10.0. The number of nitrogens with zero attached hydrogens (tertiary/aromatic N) is 1. The van der Waals surface area contributed by atoms with E-state index in [0.717, 1.165) is 21.8 Å². The smallest absolute Gasteiger partial charge is 0.246 e. The van der Waals surface area contributed by atoms with Gasteiger partial charge in [0.25, 0.3) is 0 Å². The summed E-state index contributed by atoms with van der Waals surface area (Å²) in [5.74, 6) is -0.0543. The number of aryl methyl sites for hydroxylation is 1. The van der Waals surface area contributed by atoms with Gasteiger partial charge in [0.2, 0.25) is 5.91 Å². The second-order valence-corrected chi connectivity index (χ2v) is 5.16. The first kappa shape index (κ1) is 11.2. The summed E-state index contributed by atoms with van der Waals surface area (Å²) >= 11 is 1.53. The van der Waals surface area contributed by atoms with Crippen LogP contribution in [0.3, 0.4) is 0 Å². The maximum Gasteiger partial charge on any atom is 0.246 e. The number of carbonyl (C=O) groups is 1. The highest BCUT2D eigenvalue weighted by Crippen LogP contribution is 2.28. The van der Waals surface area contributed by atoms with E-state index < -0.39 is 0 Å². The highest BCUT2D eigenvalue weighted by molar-refractivity contribution is 7.14. The number of rotatable bonds is 1. The van der Waals surface area contributed by atoms with E-state index in [2.05, 4.69) is 29.4 Å². The van der Waals surface area contributed by atoms with Crippen molar-refractivity contribution >= 4 is 28.0 Å². The lowest BCUT2D eigenvalue weighted by molar-refractivity contribution is -0.114. The Morgan fingerprint density at radius 1 is 1.33 bits per heavy atom. The summed E-state index contributed by atoms with van der Waals surface area (Å²) in [5.41, 5.74) is 4.16. The van der Waals surface area contributed by atoms with Crippen LogP contribution in [0.25, 0.3) is 0 Å². The summed E-state index contributed by atoms with van der Waals surface area (Å²) in [4.78, 5) is 16.0. The van der Waals surface area contributed by atoms with Gasteiger partial charge >= 0.3 is 0 Å². The quantitative estimate of drug-likeness (QED) is 0.837. The number of hydrogen-bond acceptors (Lipinski definition) is 3. The molecule has 0 bridgehead atoms. The Morgan fingerprint density at radius 3 is 3.06 bits per heavy atom. The van der Waals surface area contributed by atoms with Crippen molar-refractivity contribution in [3.63, 3.8) is 0 Å². The largest absolute Gasteiger partial charge is 0.316 e. The van der Waals surface area contributed by atoms with Crippen LogP contribution in [0.15, 0.2) is 40.7 Å². The molecule has 18 heavy (non-hydrogen) atoms. The predicted octanol–water partition coefficient (Wildman–Crippen LogP) is 2.85. The summed E-state index contributed by atoms with van der Waals surface area (Å²) in [5, 5.41) is 5.74. The van der Waals surface area contributed by atoms with Crippen molar-refractivity contribution in [2.24, 2.45) is 4.99 Å². The van der Waals surface area contributed by atoms with Crippen molar-refractivity contribution in [3.8, 4) is 0 Å². The molecule has 1 amide bonds. The van der Waals surface area contributed by atoms with Crippen LogP contribution < -0.4 is 5.32 Å². The van der Waals surface area contributed by atoms with Crippen LogP contribution in [0, 0.1) is 6.92 Å². The van der Waals surface area contributed by atoms with Gasteiger partial charge in [-0.3, -0.25) is 9.79 Å². The van der Waals surface area contributed by atoms with Crippen LogP contribution >= 0.6 is 11.3 Å². The maximum absolute atomic E-state index is 11.6. The number of fused-ring (bicyclic) bond motifs is 1. The van der Waals surface area contributed by atoms with Gasteiger partial charge in [-0.25, -0.2) is 0 Å². The SMILES string of the molecule is Cc1cccc(C2=NCC(=O)Nc3sccc32)c1. The molecule has 2 aromatic rings. The van der Waals surface area contributed by atoms with E-state index in [0.29, 0.717) is 0 Å². The number of carbonyl (C=O) groups excluding carboxylic acids is 1. The monoisotopic (exact) mass is 256 g/mol. The molecule has 0 fully saturated rings. The molecule has 90 valence electrons. The summed E-state index contributed by atoms with van der Waals surface area (Å²) < 4.78 is 0. The van der Waals surface area contributed by atoms with Crippen molar-refractivity contribution < 1.29 is 4.79 Å². The molecule has 1 aromatic carbocycles. The van der Waals surface area contributed by atoms with Gasteiger partial charge in [0.15, 0.2) is 0 Å². The van der Waals surface area contributed by atoms with Crippen LogP contribution in [-0.4, -0.2) is 18.2 Å². The standard InChI is InChI=1S/C14H12N2OS/c1-9-3-2-4-10(7-9)13-11-5-6-18-14(11)16-12(17)8-15-13/h2-7H,8H2,1H3,(H,16,17). The molecule has 0 unspecified atom stereocenters. The molecule has 0 atom stereocenters. The van der Waals surface area contributed by atoms with Gasteiger partial charge in [-0.05, 0) is 24.4 Å². The highest BCUT2D eigenvalue weighted by Gasteiger charge is 2.18. The molecule has 1 aliphatic heterocycles. The topological polar surface area (TPSA) is 41.5 Å². The molecule has 3 nitrogen and oxygen atoms in total. The Bertz CT molecular complexity index is 643. The second-order valence-electron chi connectivity index (χ2n) is 4.25. The summed E-state index contributed by atoms with van der Waals surface area (Å²) in [6.07, 6.45) is 0. The maximum atomic E-state index is 11.6. The third-order valence-electron chi connectivity index (χ3n) is 2.85. The minimum atomic E-state index is -0.0543. The summed E-state index contributed by atoms with van der Waals surface area (Å²) in [6, 6.07) is 10.2. The average molecular weight is 256 g/mol. The first-order chi connectivity index (χ1) is 8.74. The molecule has 0 spiro atoms. The Labute approximate surface area is 109 Å². The molecule has 1 aliphatic rings. The fourth-order valence-electron chi connectivity index (χ4n) is 2.03. The minimum Gasteiger partial charge on any atom is -0.316 e. The van der Waals surface area contributed by atoms with Crippen molar-refractivity contribution in [2.45, 2.75) is 6.92 Å². The van der Waals surface area contributed by atoms with Gasteiger partial charge in [-0.1, -0.05) is 23.8 Å². The summed E-state index contributed by atoms with van der Waals surface area (Å²) in [6.45, 7) is 2.24. The fourth-order valence-corrected chi connectivity index (χ4v) is 2.84. The third kappa shape index (κ3) is 1.95. The van der Waals surface area contributed by atoms with E-state index in [4.69, 9.17) is 0 Å². The first-order valence-corrected chi connectivity index (χ1v) is 6.61. The van der Waals surface area contributed by atoms with Gasteiger partial charge in [0.1, 0.15) is 11.5 Å². The minimum absolute atomic E-state index is 0.0543. The fraction of sp³-hybridized carbons (Fsp3) is 0.143. The van der Waals surface area contributed by atoms with E-state index >= 15 is 0 Å². The van der Waals surface area contributed by atoms with Crippen molar-refractivity contribution in [3.05, 3.63) is 52.4 Å². The number of thiophene rings is 1. The van der Waals surface area contributed by atoms with E-state index in [9.17, 15) is 4.79 Å². The van der Waals surface area contributed by atoms with Gasteiger partial charge in [-0.15, -0.1) is 11.3 Å². The number of aliphatic imine (C=N–C) groups is 1. The van der Waals surface area contributed by atoms with E-state index in [1.165, 1.54) is 16.9 Å². The molecule has 0 radical (unpaired) electrons. The average Bonchev–Trinajstić information content (AvgIpc) is 2.72. The molecule has 3 rings (SSSR count). The van der Waals surface area contributed by atoms with Crippen LogP contribution in [0.2, 0.25) is 0 Å². The van der Waals surface area contributed by atoms with Crippen molar-refractivity contribution in [2.75, 3.05) is 11.9 Å². The number of nitrogens with one attached hydrogen (secondary N) is 1. The van der Waals surface area contributed by atoms with E-state index in [1.807, 2.05) is 23.6 Å². The second kappa shape index (κ2) is 4.38. The van der Waals surface area contributed by atoms with E-state index in [1.54, 1.807) is 0 Å². The highest BCUT2D eigenvalue weighted by atomic mass is 32.1. The molecular formula is C14H12N2OS. The Morgan fingerprint density at radius 2 is 2.22 bits per heavy atom. The van der Waals surface area contributed by atoms with Crippen molar-refractivity contribution in [1.82, 2.24) is 0 Å². The number of amides is 1. The Kier molecular flexibility index (Phi) is 2.72. The molecule has 0 aliphatic carbocycles. The van der Waals surface area contributed by atoms with Gasteiger partial charge < -0.3 is 5.32 Å². The molecule has 0 saturated carbocycles. The predicted molar refractivity (Wildman–Crippen MR) is 74.6 cm³/mol. The Hall–Kier alpha value is -1.94. The lowest BCUT2D eigenvalue weighted by Gasteiger charge is -2.06. The van der Waals surface area contributed by atoms with Crippen LogP contribution in [0.5, 0.6) is 0 Å². The molecule has 2 heterocycles. The van der Waals surface area contributed by atoms with Gasteiger partial charge in [-0.2, -0.15) is 0 Å². The molecule has 0 saturated heterocycles. The van der Waals surface area contributed by atoms with Crippen molar-refractivity contribution in [1.29, 1.82) is 0 Å². The van der Waals surface area contributed by atoms with Crippen LogP contribution in [0.4, 0.5) is 5.00 Å². The van der Waals surface area contributed by atoms with Crippen LogP contribution in [-0.2, 0) is 4.79 Å². The molecular weight excluding hydrogens is 244 g/mol. The zero-order valence-corrected chi connectivity index (χ0v) is 10.8.